The third kappa shape index (κ3) is 1.31. The van der Waals surface area contributed by atoms with Crippen molar-refractivity contribution in [2.24, 2.45) is 0 Å². The second kappa shape index (κ2) is 3.05. The first-order valence-corrected chi connectivity index (χ1v) is 3.97. The maximum atomic E-state index is 10.4. The van der Waals surface area contributed by atoms with Gasteiger partial charge in [0.2, 0.25) is 0 Å². The van der Waals surface area contributed by atoms with Gasteiger partial charge in [-0.15, -0.1) is 0 Å². The summed E-state index contributed by atoms with van der Waals surface area (Å²) in [5.41, 5.74) is 0.854. The Bertz CT molecular complexity index is 179. The van der Waals surface area contributed by atoms with E-state index in [0.29, 0.717) is 6.54 Å². The van der Waals surface area contributed by atoms with Gasteiger partial charge in [-0.25, -0.2) is 4.79 Å². The molecule has 0 aromatic heterocycles. The highest BCUT2D eigenvalue weighted by atomic mass is 79.9. The summed E-state index contributed by atoms with van der Waals surface area (Å²) >= 11 is 3.12. The van der Waals surface area contributed by atoms with E-state index in [1.54, 1.807) is 4.99 Å². The molecule has 10 heavy (non-hydrogen) atoms. The van der Waals surface area contributed by atoms with Gasteiger partial charge in [0, 0.05) is 17.2 Å². The molecule has 0 atom stereocenters. The van der Waals surface area contributed by atoms with E-state index < -0.39 is 6.09 Å². The number of hydrogen-bond donors (Lipinski definition) is 1. The van der Waals surface area contributed by atoms with Crippen LogP contribution in [0.3, 0.4) is 0 Å². The molecular formula is C6H8BrNO2. The zero-order valence-electron chi connectivity index (χ0n) is 5.38. The molecule has 1 heterocycles. The molecule has 56 valence electrons. The lowest BCUT2D eigenvalue weighted by molar-refractivity contribution is 0.164. The number of hydrogen-bond acceptors (Lipinski definition) is 1. The van der Waals surface area contributed by atoms with Crippen molar-refractivity contribution in [3.8, 4) is 0 Å². The minimum Gasteiger partial charge on any atom is -0.465 e. The van der Waals surface area contributed by atoms with Gasteiger partial charge in [0.15, 0.2) is 0 Å². The Labute approximate surface area is 67.5 Å². The Morgan fingerprint density at radius 1 is 1.80 bits per heavy atom. The second-order valence-electron chi connectivity index (χ2n) is 2.14. The fourth-order valence-electron chi connectivity index (χ4n) is 1.03. The van der Waals surface area contributed by atoms with Crippen LogP contribution < -0.4 is 0 Å². The molecule has 1 rings (SSSR count). The molecule has 1 amide bonds. The summed E-state index contributed by atoms with van der Waals surface area (Å²) in [6.07, 6.45) is 0.935. The highest BCUT2D eigenvalue weighted by Gasteiger charge is 2.21. The molecule has 1 aliphatic heterocycles. The lowest BCUT2D eigenvalue weighted by atomic mass is 10.3. The molecule has 1 aliphatic rings. The normalized spacial score (nSPS) is 22.1. The molecule has 0 bridgehead atoms. The number of rotatable bonds is 0. The number of nitrogens with zero attached hydrogens (tertiary/aromatic N) is 1. The fourth-order valence-corrected chi connectivity index (χ4v) is 1.50. The molecule has 3 nitrogen and oxygen atoms in total. The molecule has 0 aliphatic carbocycles. The van der Waals surface area contributed by atoms with E-state index in [1.165, 1.54) is 4.90 Å². The Hall–Kier alpha value is -0.510. The second-order valence-corrected chi connectivity index (χ2v) is 2.60. The minimum absolute atomic E-state index is 0.632. The molecule has 0 unspecified atom stereocenters. The van der Waals surface area contributed by atoms with Gasteiger partial charge in [0.05, 0.1) is 0 Å². The van der Waals surface area contributed by atoms with Crippen LogP contribution in [0.5, 0.6) is 0 Å². The molecule has 1 fully saturated rings. The minimum atomic E-state index is -0.858. The third-order valence-corrected chi connectivity index (χ3v) is 2.05. The predicted octanol–water partition coefficient (Wildman–Crippen LogP) is 2.00. The van der Waals surface area contributed by atoms with E-state index in [2.05, 4.69) is 15.9 Å². The van der Waals surface area contributed by atoms with Gasteiger partial charge in [-0.3, -0.25) is 4.90 Å². The molecule has 0 spiro atoms. The standard InChI is InChI=1S/C6H8BrNO2/c7-4-5-2-1-3-8(5)6(9)10/h4H,1-3H2,(H,9,10)/b5-4-. The molecule has 1 saturated heterocycles. The Morgan fingerprint density at radius 2 is 2.50 bits per heavy atom. The summed E-state index contributed by atoms with van der Waals surface area (Å²) < 4.78 is 0. The number of halogens is 1. The summed E-state index contributed by atoms with van der Waals surface area (Å²) in [4.78, 5) is 13.5. The highest BCUT2D eigenvalue weighted by molar-refractivity contribution is 9.11. The number of allylic oxidation sites excluding steroid dienone is 1. The summed E-state index contributed by atoms with van der Waals surface area (Å²) in [7, 11) is 0. The van der Waals surface area contributed by atoms with E-state index in [9.17, 15) is 4.79 Å². The number of amides is 1. The summed E-state index contributed by atoms with van der Waals surface area (Å²) in [6, 6.07) is 0. The zero-order chi connectivity index (χ0) is 7.56. The molecule has 0 saturated carbocycles. The van der Waals surface area contributed by atoms with Gasteiger partial charge in [0.1, 0.15) is 0 Å². The van der Waals surface area contributed by atoms with Crippen LogP contribution in [-0.4, -0.2) is 22.6 Å². The Balaban J connectivity index is 2.68. The molecule has 0 radical (unpaired) electrons. The van der Waals surface area contributed by atoms with Crippen molar-refractivity contribution in [3.63, 3.8) is 0 Å². The molecule has 4 heteroatoms. The third-order valence-electron chi connectivity index (χ3n) is 1.52. The molecule has 0 aromatic rings. The topological polar surface area (TPSA) is 40.5 Å². The highest BCUT2D eigenvalue weighted by Crippen LogP contribution is 2.21. The molecular weight excluding hydrogens is 198 g/mol. The summed E-state index contributed by atoms with van der Waals surface area (Å²) in [5, 5.41) is 8.58. The van der Waals surface area contributed by atoms with Crippen molar-refractivity contribution in [3.05, 3.63) is 10.7 Å². The predicted molar refractivity (Wildman–Crippen MR) is 41.0 cm³/mol. The number of carbonyl (C=O) groups is 1. The van der Waals surface area contributed by atoms with E-state index >= 15 is 0 Å². The fraction of sp³-hybridized carbons (Fsp3) is 0.500. The van der Waals surface area contributed by atoms with Gasteiger partial charge in [-0.2, -0.15) is 0 Å². The Morgan fingerprint density at radius 3 is 2.90 bits per heavy atom. The molecule has 0 aromatic carbocycles. The van der Waals surface area contributed by atoms with Crippen LogP contribution in [0.4, 0.5) is 4.79 Å². The average molecular weight is 206 g/mol. The van der Waals surface area contributed by atoms with Crippen molar-refractivity contribution >= 4 is 22.0 Å². The number of carboxylic acid groups (broad SMARTS) is 1. The average Bonchev–Trinajstić information content (AvgIpc) is 2.33. The monoisotopic (exact) mass is 205 g/mol. The Kier molecular flexibility index (Phi) is 2.32. The van der Waals surface area contributed by atoms with Gasteiger partial charge in [-0.05, 0) is 12.8 Å². The van der Waals surface area contributed by atoms with Crippen LogP contribution in [0.15, 0.2) is 10.7 Å². The number of likely N-dealkylation sites (tertiary alicyclic amines) is 1. The lowest BCUT2D eigenvalue weighted by Gasteiger charge is -2.11. The van der Waals surface area contributed by atoms with E-state index in [-0.39, 0.29) is 0 Å². The van der Waals surface area contributed by atoms with Crippen LogP contribution in [0.25, 0.3) is 0 Å². The van der Waals surface area contributed by atoms with Crippen LogP contribution in [0, 0.1) is 0 Å². The SMILES string of the molecule is O=C(O)N1CCC/C1=C/Br. The first-order valence-electron chi connectivity index (χ1n) is 3.05. The largest absolute Gasteiger partial charge is 0.465 e. The van der Waals surface area contributed by atoms with E-state index in [0.717, 1.165) is 18.5 Å². The smallest absolute Gasteiger partial charge is 0.411 e. The quantitative estimate of drug-likeness (QED) is 0.658. The zero-order valence-corrected chi connectivity index (χ0v) is 6.97. The molecule has 1 N–H and O–H groups in total. The summed E-state index contributed by atoms with van der Waals surface area (Å²) in [6.45, 7) is 0.632. The van der Waals surface area contributed by atoms with Gasteiger partial charge < -0.3 is 5.11 Å². The van der Waals surface area contributed by atoms with Gasteiger partial charge >= 0.3 is 6.09 Å². The van der Waals surface area contributed by atoms with E-state index in [1.807, 2.05) is 0 Å². The summed E-state index contributed by atoms with van der Waals surface area (Å²) in [5.74, 6) is 0. The van der Waals surface area contributed by atoms with Crippen LogP contribution in [0.1, 0.15) is 12.8 Å². The first-order chi connectivity index (χ1) is 4.75. The van der Waals surface area contributed by atoms with Crippen molar-refractivity contribution in [1.82, 2.24) is 4.90 Å². The van der Waals surface area contributed by atoms with Gasteiger partial charge in [-0.1, -0.05) is 15.9 Å². The van der Waals surface area contributed by atoms with Crippen molar-refractivity contribution in [2.45, 2.75) is 12.8 Å². The van der Waals surface area contributed by atoms with Crippen LogP contribution in [0.2, 0.25) is 0 Å². The first kappa shape index (κ1) is 7.60. The van der Waals surface area contributed by atoms with Gasteiger partial charge in [0.25, 0.3) is 0 Å². The van der Waals surface area contributed by atoms with E-state index in [4.69, 9.17) is 5.11 Å². The van der Waals surface area contributed by atoms with Crippen molar-refractivity contribution in [2.75, 3.05) is 6.54 Å². The maximum absolute atomic E-state index is 10.4. The maximum Gasteiger partial charge on any atom is 0.411 e. The van der Waals surface area contributed by atoms with Crippen LogP contribution >= 0.6 is 15.9 Å². The van der Waals surface area contributed by atoms with Crippen LogP contribution in [-0.2, 0) is 0 Å². The lowest BCUT2D eigenvalue weighted by Crippen LogP contribution is -2.23. The van der Waals surface area contributed by atoms with Crippen molar-refractivity contribution < 1.29 is 9.90 Å². The van der Waals surface area contributed by atoms with Crippen molar-refractivity contribution in [1.29, 1.82) is 0 Å².